The molecule has 6 atom stereocenters. The van der Waals surface area contributed by atoms with E-state index in [2.05, 4.69) is 18.9 Å². The second-order valence-electron chi connectivity index (χ2n) is 8.33. The lowest BCUT2D eigenvalue weighted by atomic mass is 9.81. The smallest absolute Gasteiger partial charge is 0.435 e. The Morgan fingerprint density at radius 1 is 0.947 bits per heavy atom. The maximum atomic E-state index is 13.6. The van der Waals surface area contributed by atoms with Gasteiger partial charge >= 0.3 is 24.2 Å². The number of aliphatic hydroxyl groups is 1. The first-order valence-corrected chi connectivity index (χ1v) is 12.5. The van der Waals surface area contributed by atoms with Gasteiger partial charge in [-0.25, -0.2) is 23.2 Å². The first kappa shape index (κ1) is 29.4. The summed E-state index contributed by atoms with van der Waals surface area (Å²) in [4.78, 5) is 48.7. The lowest BCUT2D eigenvalue weighted by molar-refractivity contribution is -0.165. The fourth-order valence-electron chi connectivity index (χ4n) is 4.56. The van der Waals surface area contributed by atoms with Crippen molar-refractivity contribution in [3.05, 3.63) is 29.8 Å². The number of halogens is 2. The van der Waals surface area contributed by atoms with Crippen LogP contribution >= 0.6 is 11.8 Å². The highest BCUT2D eigenvalue weighted by Crippen LogP contribution is 2.64. The van der Waals surface area contributed by atoms with E-state index >= 15 is 0 Å². The molecular formula is C23H27F2NO11S. The Balaban J connectivity index is 1.71. The first-order chi connectivity index (χ1) is 18.1. The number of aliphatic hydroxyl groups excluding tert-OH is 1. The third-order valence-electron chi connectivity index (χ3n) is 6.26. The average Bonchev–Trinajstić information content (AvgIpc) is 3.58. The zero-order valence-electron chi connectivity index (χ0n) is 20.4. The van der Waals surface area contributed by atoms with Gasteiger partial charge in [0.1, 0.15) is 5.54 Å². The van der Waals surface area contributed by atoms with Crippen LogP contribution in [0.4, 0.5) is 18.4 Å². The summed E-state index contributed by atoms with van der Waals surface area (Å²) in [6.07, 6.45) is -3.43. The minimum atomic E-state index is -1.95. The highest BCUT2D eigenvalue weighted by Gasteiger charge is 2.78. The van der Waals surface area contributed by atoms with Gasteiger partial charge in [0.05, 0.1) is 25.2 Å². The van der Waals surface area contributed by atoms with Crippen molar-refractivity contribution in [2.45, 2.75) is 30.4 Å². The number of thioether (sulfide) groups is 1. The molecule has 0 aromatic heterocycles. The molecule has 0 amide bonds. The van der Waals surface area contributed by atoms with Crippen molar-refractivity contribution in [2.24, 2.45) is 29.4 Å². The van der Waals surface area contributed by atoms with Crippen molar-refractivity contribution >= 4 is 36.0 Å². The number of nitrogens with two attached hydrogens (primary N) is 1. The highest BCUT2D eigenvalue weighted by molar-refractivity contribution is 7.99. The maximum absolute atomic E-state index is 13.6. The summed E-state index contributed by atoms with van der Waals surface area (Å²) in [6.45, 7) is 1.58. The van der Waals surface area contributed by atoms with E-state index in [4.69, 9.17) is 15.2 Å². The van der Waals surface area contributed by atoms with E-state index in [0.717, 1.165) is 23.9 Å². The summed E-state index contributed by atoms with van der Waals surface area (Å²) in [5.74, 6) is -7.84. The van der Waals surface area contributed by atoms with Gasteiger partial charge in [-0.15, -0.1) is 11.8 Å². The van der Waals surface area contributed by atoms with Gasteiger partial charge in [0.25, 0.3) is 0 Å². The van der Waals surface area contributed by atoms with Gasteiger partial charge in [0.2, 0.25) is 13.6 Å². The molecule has 3 rings (SSSR count). The Kier molecular flexibility index (Phi) is 9.73. The third-order valence-corrected chi connectivity index (χ3v) is 7.38. The van der Waals surface area contributed by atoms with E-state index in [0.29, 0.717) is 4.90 Å². The molecule has 0 saturated heterocycles. The molecule has 2 saturated carbocycles. The van der Waals surface area contributed by atoms with Gasteiger partial charge in [-0.05, 0) is 32.0 Å². The van der Waals surface area contributed by atoms with Crippen molar-refractivity contribution in [2.75, 3.05) is 32.6 Å². The van der Waals surface area contributed by atoms with Crippen LogP contribution in [-0.2, 0) is 38.0 Å². The van der Waals surface area contributed by atoms with Crippen LogP contribution in [0.1, 0.15) is 13.8 Å². The minimum Gasteiger partial charge on any atom is -0.435 e. The predicted octanol–water partition coefficient (Wildman–Crippen LogP) is 1.95. The number of fused-ring (bicyclic) bond motifs is 1. The molecule has 15 heteroatoms. The fraction of sp³-hybridized carbons (Fsp3) is 0.565. The lowest BCUT2D eigenvalue weighted by Crippen LogP contribution is -2.59. The second kappa shape index (κ2) is 12.6. The van der Waals surface area contributed by atoms with E-state index in [-0.39, 0.29) is 19.0 Å². The molecule has 0 radical (unpaired) electrons. The topological polar surface area (TPSA) is 170 Å². The van der Waals surface area contributed by atoms with E-state index in [1.54, 1.807) is 13.8 Å². The molecule has 0 bridgehead atoms. The lowest BCUT2D eigenvalue weighted by Gasteiger charge is -2.34. The van der Waals surface area contributed by atoms with E-state index in [9.17, 15) is 33.1 Å². The summed E-state index contributed by atoms with van der Waals surface area (Å²) in [5.41, 5.74) is 4.55. The molecule has 0 unspecified atom stereocenters. The first-order valence-electron chi connectivity index (χ1n) is 11.5. The van der Waals surface area contributed by atoms with Crippen molar-refractivity contribution in [1.82, 2.24) is 0 Å². The normalized spacial score (nSPS) is 27.1. The van der Waals surface area contributed by atoms with Crippen molar-refractivity contribution in [3.63, 3.8) is 0 Å². The summed E-state index contributed by atoms with van der Waals surface area (Å²) >= 11 is 1.01. The molecule has 38 heavy (non-hydrogen) atoms. The fourth-order valence-corrected chi connectivity index (χ4v) is 5.76. The average molecular weight is 564 g/mol. The van der Waals surface area contributed by atoms with Crippen LogP contribution < -0.4 is 5.73 Å². The maximum Gasteiger partial charge on any atom is 0.511 e. The zero-order chi connectivity index (χ0) is 28.0. The molecule has 1 aromatic rings. The summed E-state index contributed by atoms with van der Waals surface area (Å²) in [6, 6.07) is 3.20. The SMILES string of the molecule is CCOC(=O)OCOC(=O)[C@H]1[C@@H]2[C@H](O)[C@@H](CSc3ccc(F)c(F)c3)[C@@](N)(C(=O)OCOC(=O)OCC)[C@H]12. The molecular weight excluding hydrogens is 536 g/mol. The van der Waals surface area contributed by atoms with E-state index in [1.807, 2.05) is 0 Å². The Bertz CT molecular complexity index is 1060. The number of hydrogen-bond donors (Lipinski definition) is 2. The van der Waals surface area contributed by atoms with Gasteiger partial charge in [-0.2, -0.15) is 0 Å². The molecule has 3 N–H and O–H groups in total. The number of rotatable bonds is 11. The number of esters is 2. The Hall–Kier alpha value is -3.17. The van der Waals surface area contributed by atoms with Crippen LogP contribution in [0.2, 0.25) is 0 Å². The van der Waals surface area contributed by atoms with Crippen molar-refractivity contribution in [1.29, 1.82) is 0 Å². The van der Waals surface area contributed by atoms with Crippen LogP contribution in [-0.4, -0.2) is 73.6 Å². The van der Waals surface area contributed by atoms with Gasteiger partial charge in [-0.1, -0.05) is 0 Å². The summed E-state index contributed by atoms with van der Waals surface area (Å²) < 4.78 is 55.2. The van der Waals surface area contributed by atoms with Crippen LogP contribution in [0.15, 0.2) is 23.1 Å². The Labute approximate surface area is 220 Å². The quantitative estimate of drug-likeness (QED) is 0.173. The zero-order valence-corrected chi connectivity index (χ0v) is 21.2. The monoisotopic (exact) mass is 563 g/mol. The number of ether oxygens (including phenoxy) is 6. The van der Waals surface area contributed by atoms with Crippen LogP contribution in [0.25, 0.3) is 0 Å². The molecule has 2 fully saturated rings. The highest BCUT2D eigenvalue weighted by atomic mass is 32.2. The van der Waals surface area contributed by atoms with Gasteiger partial charge in [0.15, 0.2) is 11.6 Å². The van der Waals surface area contributed by atoms with Crippen molar-refractivity contribution < 1.29 is 61.5 Å². The number of hydrogen-bond acceptors (Lipinski definition) is 13. The Morgan fingerprint density at radius 2 is 1.55 bits per heavy atom. The second-order valence-corrected chi connectivity index (χ2v) is 9.42. The number of carbonyl (C=O) groups excluding carboxylic acids is 4. The molecule has 2 aliphatic carbocycles. The van der Waals surface area contributed by atoms with Gasteiger partial charge in [-0.3, -0.25) is 4.79 Å². The minimum absolute atomic E-state index is 0.0243. The van der Waals surface area contributed by atoms with E-state index < -0.39 is 84.8 Å². The van der Waals surface area contributed by atoms with Crippen LogP contribution in [0, 0.1) is 35.3 Å². The summed E-state index contributed by atoms with van der Waals surface area (Å²) in [5, 5.41) is 11.0. The van der Waals surface area contributed by atoms with Crippen LogP contribution in [0.5, 0.6) is 0 Å². The largest absolute Gasteiger partial charge is 0.511 e. The molecule has 0 spiro atoms. The molecule has 12 nitrogen and oxygen atoms in total. The number of carbonyl (C=O) groups is 4. The molecule has 2 aliphatic rings. The molecule has 0 heterocycles. The molecule has 210 valence electrons. The van der Waals surface area contributed by atoms with Gasteiger partial charge < -0.3 is 39.3 Å². The van der Waals surface area contributed by atoms with Gasteiger partial charge in [0, 0.05) is 28.4 Å². The molecule has 1 aromatic carbocycles. The summed E-state index contributed by atoms with van der Waals surface area (Å²) in [7, 11) is 0. The number of benzene rings is 1. The van der Waals surface area contributed by atoms with Crippen molar-refractivity contribution in [3.8, 4) is 0 Å². The van der Waals surface area contributed by atoms with Crippen LogP contribution in [0.3, 0.4) is 0 Å². The third kappa shape index (κ3) is 6.27. The molecule has 0 aliphatic heterocycles. The Morgan fingerprint density at radius 3 is 2.13 bits per heavy atom. The predicted molar refractivity (Wildman–Crippen MR) is 122 cm³/mol. The van der Waals surface area contributed by atoms with E-state index in [1.165, 1.54) is 6.07 Å². The standard InChI is InChI=1S/C23H27F2NO11S/c1-3-32-21(30)36-9-34-19(28)16-15-17(16)23(26,20(29)35-10-37-22(31)33-4-2)12(18(15)27)8-38-11-5-6-13(24)14(25)7-11/h5-7,12,15-18,27H,3-4,8-10,26H2,1-2H3/t12-,15+,16+,17+,18-,23+/m1/s1.